The molecule has 2 unspecified atom stereocenters. The summed E-state index contributed by atoms with van der Waals surface area (Å²) in [7, 11) is 17.4. The molecule has 4 aromatic rings. The van der Waals surface area contributed by atoms with Gasteiger partial charge < -0.3 is 0 Å². The molecular weight excluding hydrogens is 671 g/mol. The Morgan fingerprint density at radius 3 is 1.25 bits per heavy atom. The van der Waals surface area contributed by atoms with Crippen molar-refractivity contribution in [2.75, 3.05) is 0 Å². The molecule has 4 aromatic carbocycles. The van der Waals surface area contributed by atoms with Crippen LogP contribution in [0.25, 0.3) is 34.4 Å². The third-order valence-corrected chi connectivity index (χ3v) is 62.3. The summed E-state index contributed by atoms with van der Waals surface area (Å²) in [5.41, 5.74) is 16.0. The van der Waals surface area contributed by atoms with E-state index in [1.807, 2.05) is 0 Å². The number of benzene rings is 4. The van der Waals surface area contributed by atoms with Gasteiger partial charge in [-0.2, -0.15) is 0 Å². The molecule has 6 rings (SSSR count). The van der Waals surface area contributed by atoms with Gasteiger partial charge >= 0.3 is 276 Å². The van der Waals surface area contributed by atoms with E-state index in [9.17, 15) is 0 Å². The summed E-state index contributed by atoms with van der Waals surface area (Å²) in [4.78, 5) is 0. The Labute approximate surface area is 274 Å². The number of hydrogen-bond acceptors (Lipinski definition) is 0. The summed E-state index contributed by atoms with van der Waals surface area (Å²) in [6, 6.07) is 31.2. The molecule has 227 valence electrons. The maximum absolute atomic E-state index is 8.69. The van der Waals surface area contributed by atoms with Gasteiger partial charge in [0.05, 0.1) is 0 Å². The van der Waals surface area contributed by atoms with E-state index >= 15 is 0 Å². The van der Waals surface area contributed by atoms with Gasteiger partial charge in [-0.1, -0.05) is 0 Å². The van der Waals surface area contributed by atoms with Crippen LogP contribution in [0.2, 0.25) is 13.1 Å². The van der Waals surface area contributed by atoms with Crippen LogP contribution < -0.4 is 0 Å². The Balaban J connectivity index is 1.64. The van der Waals surface area contributed by atoms with E-state index < -0.39 is 21.5 Å². The summed E-state index contributed by atoms with van der Waals surface area (Å²) in [5.74, 6) is -0.943. The molecule has 0 radical (unpaired) electrons. The molecule has 0 fully saturated rings. The van der Waals surface area contributed by atoms with Crippen molar-refractivity contribution < 1.29 is 15.6 Å². The van der Waals surface area contributed by atoms with Crippen LogP contribution in [0.15, 0.2) is 96.1 Å². The zero-order valence-electron chi connectivity index (χ0n) is 27.4. The predicted molar refractivity (Wildman–Crippen MR) is 195 cm³/mol. The van der Waals surface area contributed by atoms with Crippen LogP contribution in [0, 0.1) is 25.7 Å². The van der Waals surface area contributed by atoms with Crippen LogP contribution >= 0.6 is 17.0 Å². The Bertz CT molecular complexity index is 1700. The first-order chi connectivity index (χ1) is 20.9. The fourth-order valence-corrected chi connectivity index (χ4v) is 39.6. The molecule has 0 spiro atoms. The fourth-order valence-electron chi connectivity index (χ4n) is 8.14. The molecule has 0 aliphatic heterocycles. The Morgan fingerprint density at radius 1 is 0.545 bits per heavy atom. The van der Waals surface area contributed by atoms with Gasteiger partial charge in [0.25, 0.3) is 0 Å². The molecule has 2 aliphatic rings. The molecule has 0 nitrogen and oxygen atoms in total. The van der Waals surface area contributed by atoms with E-state index in [1.165, 1.54) is 66.8 Å². The van der Waals surface area contributed by atoms with Crippen molar-refractivity contribution in [2.45, 2.75) is 61.9 Å². The average molecular weight is 716 g/mol. The van der Waals surface area contributed by atoms with Gasteiger partial charge in [0, 0.05) is 0 Å². The predicted octanol–water partition coefficient (Wildman–Crippen LogP) is 12.5. The van der Waals surface area contributed by atoms with E-state index in [2.05, 4.69) is 152 Å². The van der Waals surface area contributed by atoms with Crippen LogP contribution in [0.1, 0.15) is 68.3 Å². The molecule has 0 N–H and O–H groups in total. The zero-order valence-corrected chi connectivity index (χ0v) is 32.5. The standard InChI is InChI=1S/2C19H19.C2H7Si.2ClH.Zr/c2*1-13(2)16-11-15-8-6-10-18(19(15)12-16)17-9-5-4-7-14(17)3;1-3-2;;;/h2*4-13H,1-3H3;3H,1-2H3;2*1H;/q;;;;;+2/p-2. The Morgan fingerprint density at radius 2 is 0.909 bits per heavy atom. The van der Waals surface area contributed by atoms with Crippen LogP contribution in [0.5, 0.6) is 0 Å². The molecular formula is C40H45Cl2SiZr. The van der Waals surface area contributed by atoms with Gasteiger partial charge in [-0.05, 0) is 0 Å². The number of aryl methyl sites for hydroxylation is 2. The first-order valence-electron chi connectivity index (χ1n) is 16.2. The van der Waals surface area contributed by atoms with Gasteiger partial charge in [-0.25, -0.2) is 0 Å². The summed E-state index contributed by atoms with van der Waals surface area (Å²) >= 11 is -4.85. The molecule has 0 heterocycles. The van der Waals surface area contributed by atoms with Crippen molar-refractivity contribution in [2.24, 2.45) is 11.8 Å². The minimum atomic E-state index is -4.85. The zero-order chi connectivity index (χ0) is 31.6. The number of halogens is 2. The molecule has 2 atom stereocenters. The molecule has 0 amide bonds. The summed E-state index contributed by atoms with van der Waals surface area (Å²) in [6.07, 6.45) is 4.97. The average Bonchev–Trinajstić information content (AvgIpc) is 3.59. The van der Waals surface area contributed by atoms with Gasteiger partial charge in [-0.15, -0.1) is 0 Å². The van der Waals surface area contributed by atoms with Crippen molar-refractivity contribution in [1.29, 1.82) is 0 Å². The maximum atomic E-state index is 8.69. The molecule has 0 bridgehead atoms. The van der Waals surface area contributed by atoms with E-state index in [-0.39, 0.29) is 7.25 Å². The van der Waals surface area contributed by atoms with Crippen molar-refractivity contribution >= 4 is 35.1 Å². The van der Waals surface area contributed by atoms with Gasteiger partial charge in [0.1, 0.15) is 0 Å². The molecule has 0 aromatic heterocycles. The monoisotopic (exact) mass is 713 g/mol. The summed E-state index contributed by atoms with van der Waals surface area (Å²) in [6.45, 7) is 18.7. The summed E-state index contributed by atoms with van der Waals surface area (Å²) < 4.78 is 0.177. The van der Waals surface area contributed by atoms with E-state index in [1.54, 1.807) is 0 Å². The van der Waals surface area contributed by atoms with Gasteiger partial charge in [0.2, 0.25) is 0 Å². The molecule has 44 heavy (non-hydrogen) atoms. The van der Waals surface area contributed by atoms with Crippen molar-refractivity contribution in [3.63, 3.8) is 0 Å². The fraction of sp³-hybridized carbons (Fsp3) is 0.300. The van der Waals surface area contributed by atoms with Gasteiger partial charge in [-0.3, -0.25) is 0 Å². The number of hydrogen-bond donors (Lipinski definition) is 0. The minimum absolute atomic E-state index is 0.0885. The van der Waals surface area contributed by atoms with Gasteiger partial charge in [0.15, 0.2) is 0 Å². The second kappa shape index (κ2) is 11.7. The second-order valence-electron chi connectivity index (χ2n) is 14.1. The summed E-state index contributed by atoms with van der Waals surface area (Å²) in [5, 5.41) is 0. The molecule has 0 saturated carbocycles. The van der Waals surface area contributed by atoms with Crippen LogP contribution in [0.4, 0.5) is 0 Å². The van der Waals surface area contributed by atoms with E-state index in [4.69, 9.17) is 17.0 Å². The third-order valence-electron chi connectivity index (χ3n) is 10.6. The van der Waals surface area contributed by atoms with E-state index in [0.717, 1.165) is 0 Å². The number of allylic oxidation sites excluding steroid dienone is 2. The second-order valence-corrected chi connectivity index (χ2v) is 56.6. The Kier molecular flexibility index (Phi) is 8.50. The van der Waals surface area contributed by atoms with Crippen LogP contribution in [-0.4, -0.2) is 5.92 Å². The van der Waals surface area contributed by atoms with Crippen molar-refractivity contribution in [1.82, 2.24) is 0 Å². The third kappa shape index (κ3) is 4.86. The van der Waals surface area contributed by atoms with E-state index in [0.29, 0.717) is 11.8 Å². The molecule has 0 saturated heterocycles. The molecule has 4 heteroatoms. The van der Waals surface area contributed by atoms with Crippen molar-refractivity contribution in [3.05, 3.63) is 129 Å². The van der Waals surface area contributed by atoms with Crippen molar-refractivity contribution in [3.8, 4) is 22.3 Å². The normalized spacial score (nSPS) is 18.7. The first kappa shape index (κ1) is 32.0. The van der Waals surface area contributed by atoms with Crippen LogP contribution in [-0.2, 0) is 15.6 Å². The SMILES string of the molecule is Cc1ccccc1-c1cccc2c1C=C(C(C)C)[CH]2[Zr]([Cl])([Cl])([CH]1C(C(C)C)=Cc2c(-c3ccccc3C)cccc21)[SiH](C)C. The van der Waals surface area contributed by atoms with Crippen LogP contribution in [0.3, 0.4) is 0 Å². The molecule has 2 aliphatic carbocycles. The topological polar surface area (TPSA) is 0 Å². The quantitative estimate of drug-likeness (QED) is 0.167. The Hall–Kier alpha value is -1.96. The number of rotatable bonds is 7. The number of fused-ring (bicyclic) bond motifs is 2. The first-order valence-corrected chi connectivity index (χ1v) is 32.6.